The monoisotopic (exact) mass is 253 g/mol. The maximum absolute atomic E-state index is 12.3. The molecule has 0 spiro atoms. The van der Waals surface area contributed by atoms with E-state index in [1.54, 1.807) is 0 Å². The van der Waals surface area contributed by atoms with Gasteiger partial charge in [0.15, 0.2) is 5.78 Å². The largest absolute Gasteiger partial charge is 0.316 e. The second kappa shape index (κ2) is 5.14. The fourth-order valence-electron chi connectivity index (χ4n) is 2.81. The average molecular weight is 253 g/mol. The molecular formula is C17H19NO. The lowest BCUT2D eigenvalue weighted by atomic mass is 9.96. The number of ketones is 1. The van der Waals surface area contributed by atoms with Crippen molar-refractivity contribution in [1.82, 2.24) is 5.32 Å². The van der Waals surface area contributed by atoms with E-state index in [1.165, 1.54) is 10.9 Å². The number of rotatable bonds is 3. The Morgan fingerprint density at radius 2 is 2.00 bits per heavy atom. The molecule has 2 nitrogen and oxygen atoms in total. The van der Waals surface area contributed by atoms with Gasteiger partial charge in [-0.05, 0) is 49.2 Å². The summed E-state index contributed by atoms with van der Waals surface area (Å²) >= 11 is 0. The molecule has 0 amide bonds. The third-order valence-electron chi connectivity index (χ3n) is 3.95. The number of nitrogens with one attached hydrogen (secondary N) is 1. The number of Topliss-reactive ketones (excluding diaryl/α,β-unsaturated/α-hetero) is 1. The summed E-state index contributed by atoms with van der Waals surface area (Å²) in [5, 5.41) is 5.67. The Morgan fingerprint density at radius 3 is 2.79 bits per heavy atom. The van der Waals surface area contributed by atoms with Gasteiger partial charge < -0.3 is 5.32 Å². The van der Waals surface area contributed by atoms with E-state index in [-0.39, 0.29) is 5.78 Å². The van der Waals surface area contributed by atoms with Crippen LogP contribution in [0.2, 0.25) is 0 Å². The molecule has 2 aromatic rings. The molecule has 2 aromatic carbocycles. The minimum Gasteiger partial charge on any atom is -0.316 e. The van der Waals surface area contributed by atoms with Gasteiger partial charge in [-0.1, -0.05) is 35.9 Å². The van der Waals surface area contributed by atoms with E-state index in [0.717, 1.165) is 30.5 Å². The lowest BCUT2D eigenvalue weighted by Gasteiger charge is -2.08. The summed E-state index contributed by atoms with van der Waals surface area (Å²) in [6.45, 7) is 4.12. The van der Waals surface area contributed by atoms with Gasteiger partial charge in [0.1, 0.15) is 0 Å². The summed E-state index contributed by atoms with van der Waals surface area (Å²) in [4.78, 5) is 12.3. The summed E-state index contributed by atoms with van der Waals surface area (Å²) in [5.41, 5.74) is 2.10. The number of hydrogen-bond acceptors (Lipinski definition) is 2. The maximum Gasteiger partial charge on any atom is 0.163 e. The summed E-state index contributed by atoms with van der Waals surface area (Å²) in [6.07, 6.45) is 1.79. The highest BCUT2D eigenvalue weighted by molar-refractivity contribution is 6.00. The quantitative estimate of drug-likeness (QED) is 0.850. The molecule has 98 valence electrons. The molecule has 0 aromatic heterocycles. The third-order valence-corrected chi connectivity index (χ3v) is 3.95. The van der Waals surface area contributed by atoms with Crippen LogP contribution in [0.3, 0.4) is 0 Å². The van der Waals surface area contributed by atoms with Crippen LogP contribution in [0.4, 0.5) is 0 Å². The zero-order valence-electron chi connectivity index (χ0n) is 11.3. The van der Waals surface area contributed by atoms with Crippen molar-refractivity contribution in [3.63, 3.8) is 0 Å². The highest BCUT2D eigenvalue weighted by Crippen LogP contribution is 2.21. The summed E-state index contributed by atoms with van der Waals surface area (Å²) < 4.78 is 0. The lowest BCUT2D eigenvalue weighted by molar-refractivity contribution is 0.0964. The zero-order valence-corrected chi connectivity index (χ0v) is 11.3. The molecule has 1 aliphatic rings. The number of hydrogen-bond donors (Lipinski definition) is 1. The van der Waals surface area contributed by atoms with Crippen molar-refractivity contribution in [2.24, 2.45) is 5.92 Å². The van der Waals surface area contributed by atoms with Gasteiger partial charge in [0.25, 0.3) is 0 Å². The molecule has 19 heavy (non-hydrogen) atoms. The van der Waals surface area contributed by atoms with Gasteiger partial charge in [-0.15, -0.1) is 0 Å². The van der Waals surface area contributed by atoms with Crippen LogP contribution in [0.1, 0.15) is 28.8 Å². The first kappa shape index (κ1) is 12.4. The van der Waals surface area contributed by atoms with Gasteiger partial charge in [0.05, 0.1) is 0 Å². The Kier molecular flexibility index (Phi) is 3.34. The standard InChI is InChI=1S/C17H19NO/c1-12-2-3-15-10-16(5-4-14(15)8-12)17(19)9-13-6-7-18-11-13/h2-5,8,10,13,18H,6-7,9,11H2,1H3. The fraction of sp³-hybridized carbons (Fsp3) is 0.353. The van der Waals surface area contributed by atoms with Crippen molar-refractivity contribution in [2.75, 3.05) is 13.1 Å². The second-order valence-electron chi connectivity index (χ2n) is 5.55. The van der Waals surface area contributed by atoms with Crippen LogP contribution in [0.5, 0.6) is 0 Å². The van der Waals surface area contributed by atoms with Crippen molar-refractivity contribution in [3.8, 4) is 0 Å². The highest BCUT2D eigenvalue weighted by Gasteiger charge is 2.18. The summed E-state index contributed by atoms with van der Waals surface area (Å²) in [5.74, 6) is 0.789. The first-order valence-corrected chi connectivity index (χ1v) is 6.97. The second-order valence-corrected chi connectivity index (χ2v) is 5.55. The van der Waals surface area contributed by atoms with Gasteiger partial charge in [-0.3, -0.25) is 4.79 Å². The Morgan fingerprint density at radius 1 is 1.21 bits per heavy atom. The first-order chi connectivity index (χ1) is 9.22. The van der Waals surface area contributed by atoms with Crippen molar-refractivity contribution in [2.45, 2.75) is 19.8 Å². The molecule has 1 fully saturated rings. The van der Waals surface area contributed by atoms with E-state index in [4.69, 9.17) is 0 Å². The maximum atomic E-state index is 12.3. The fourth-order valence-corrected chi connectivity index (χ4v) is 2.81. The van der Waals surface area contributed by atoms with E-state index >= 15 is 0 Å². The van der Waals surface area contributed by atoms with Crippen LogP contribution in [-0.2, 0) is 0 Å². The Balaban J connectivity index is 1.83. The number of benzene rings is 2. The molecule has 1 N–H and O–H groups in total. The normalized spacial score (nSPS) is 18.9. The molecule has 0 radical (unpaired) electrons. The van der Waals surface area contributed by atoms with Gasteiger partial charge in [0.2, 0.25) is 0 Å². The van der Waals surface area contributed by atoms with Gasteiger partial charge in [-0.2, -0.15) is 0 Å². The van der Waals surface area contributed by atoms with Crippen molar-refractivity contribution < 1.29 is 4.79 Å². The molecule has 0 saturated carbocycles. The molecule has 0 aliphatic carbocycles. The summed E-state index contributed by atoms with van der Waals surface area (Å²) in [7, 11) is 0. The predicted octanol–water partition coefficient (Wildman–Crippen LogP) is 3.33. The molecule has 1 atom stereocenters. The zero-order chi connectivity index (χ0) is 13.2. The van der Waals surface area contributed by atoms with Gasteiger partial charge in [0, 0.05) is 12.0 Å². The highest BCUT2D eigenvalue weighted by atomic mass is 16.1. The van der Waals surface area contributed by atoms with E-state index in [1.807, 2.05) is 12.1 Å². The Hall–Kier alpha value is -1.67. The molecule has 1 unspecified atom stereocenters. The smallest absolute Gasteiger partial charge is 0.163 e. The van der Waals surface area contributed by atoms with E-state index in [2.05, 4.69) is 36.5 Å². The average Bonchev–Trinajstić information content (AvgIpc) is 2.91. The predicted molar refractivity (Wildman–Crippen MR) is 78.6 cm³/mol. The van der Waals surface area contributed by atoms with E-state index < -0.39 is 0 Å². The van der Waals surface area contributed by atoms with Crippen LogP contribution in [0.15, 0.2) is 36.4 Å². The molecule has 0 bridgehead atoms. The van der Waals surface area contributed by atoms with Gasteiger partial charge >= 0.3 is 0 Å². The van der Waals surface area contributed by atoms with Crippen molar-refractivity contribution in [3.05, 3.63) is 47.5 Å². The van der Waals surface area contributed by atoms with Crippen LogP contribution in [0.25, 0.3) is 10.8 Å². The van der Waals surface area contributed by atoms with Crippen LogP contribution in [-0.4, -0.2) is 18.9 Å². The topological polar surface area (TPSA) is 29.1 Å². The number of aryl methyl sites for hydroxylation is 1. The van der Waals surface area contributed by atoms with Gasteiger partial charge in [-0.25, -0.2) is 0 Å². The van der Waals surface area contributed by atoms with E-state index in [0.29, 0.717) is 12.3 Å². The third kappa shape index (κ3) is 2.69. The first-order valence-electron chi connectivity index (χ1n) is 6.97. The lowest BCUT2D eigenvalue weighted by Crippen LogP contribution is -2.12. The number of carbonyl (C=O) groups excluding carboxylic acids is 1. The van der Waals surface area contributed by atoms with Crippen molar-refractivity contribution in [1.29, 1.82) is 0 Å². The molecule has 3 rings (SSSR count). The Bertz CT molecular complexity index is 612. The number of carbonyl (C=O) groups is 1. The SMILES string of the molecule is Cc1ccc2cc(C(=O)CC3CCNC3)ccc2c1. The molecule has 1 aliphatic heterocycles. The minimum atomic E-state index is 0.274. The van der Waals surface area contributed by atoms with Crippen LogP contribution >= 0.6 is 0 Å². The molecular weight excluding hydrogens is 234 g/mol. The van der Waals surface area contributed by atoms with Crippen LogP contribution in [0, 0.1) is 12.8 Å². The van der Waals surface area contributed by atoms with Crippen molar-refractivity contribution >= 4 is 16.6 Å². The number of fused-ring (bicyclic) bond motifs is 1. The minimum absolute atomic E-state index is 0.274. The molecule has 1 heterocycles. The summed E-state index contributed by atoms with van der Waals surface area (Å²) in [6, 6.07) is 12.4. The molecule has 1 saturated heterocycles. The Labute approximate surface area is 113 Å². The molecule has 2 heteroatoms. The van der Waals surface area contributed by atoms with E-state index in [9.17, 15) is 4.79 Å². The van der Waals surface area contributed by atoms with Crippen LogP contribution < -0.4 is 5.32 Å².